The van der Waals surface area contributed by atoms with Gasteiger partial charge in [-0.3, -0.25) is 4.79 Å². The number of imidazole rings is 1. The van der Waals surface area contributed by atoms with Gasteiger partial charge >= 0.3 is 0 Å². The van der Waals surface area contributed by atoms with Crippen molar-refractivity contribution in [1.29, 1.82) is 0 Å². The van der Waals surface area contributed by atoms with Gasteiger partial charge in [0.1, 0.15) is 5.69 Å². The third-order valence-corrected chi connectivity index (χ3v) is 5.02. The largest absolute Gasteiger partial charge is 0.350 e. The molecule has 0 bridgehead atoms. The summed E-state index contributed by atoms with van der Waals surface area (Å²) in [6.45, 7) is 6.26. The standard InChI is InChI=1S/C20H21ClF2N4O/c1-4-14(21)10-17-15(5-2)13(11-25(17)3)6-7-26-8-9-27-12-16(18(22)23)24-19(27)20(26)28/h5,8-12,18H,2,4,6-7H2,1,3H3/b14-10+. The molecule has 0 spiro atoms. The van der Waals surface area contributed by atoms with Crippen LogP contribution in [0.4, 0.5) is 8.78 Å². The van der Waals surface area contributed by atoms with Crippen molar-refractivity contribution in [3.05, 3.63) is 69.3 Å². The number of aromatic nitrogens is 4. The first-order valence-electron chi connectivity index (χ1n) is 8.88. The van der Waals surface area contributed by atoms with Crippen LogP contribution >= 0.6 is 11.6 Å². The predicted octanol–water partition coefficient (Wildman–Crippen LogP) is 4.65. The molecule has 3 aromatic heterocycles. The van der Waals surface area contributed by atoms with Gasteiger partial charge in [0.05, 0.1) is 0 Å². The Labute approximate surface area is 166 Å². The molecule has 0 aromatic carbocycles. The first kappa shape index (κ1) is 20.1. The van der Waals surface area contributed by atoms with Crippen molar-refractivity contribution in [2.75, 3.05) is 0 Å². The van der Waals surface area contributed by atoms with E-state index in [2.05, 4.69) is 11.6 Å². The number of hydrogen-bond donors (Lipinski definition) is 0. The molecule has 0 unspecified atom stereocenters. The zero-order valence-corrected chi connectivity index (χ0v) is 16.5. The maximum Gasteiger partial charge on any atom is 0.294 e. The maximum atomic E-state index is 12.8. The van der Waals surface area contributed by atoms with Crippen LogP contribution < -0.4 is 5.56 Å². The molecule has 3 rings (SSSR count). The van der Waals surface area contributed by atoms with Gasteiger partial charge in [-0.1, -0.05) is 31.2 Å². The molecule has 28 heavy (non-hydrogen) atoms. The van der Waals surface area contributed by atoms with Crippen LogP contribution in [0.15, 0.2) is 41.2 Å². The lowest BCUT2D eigenvalue weighted by Gasteiger charge is -2.06. The number of alkyl halides is 2. The minimum Gasteiger partial charge on any atom is -0.350 e. The fraction of sp³-hybridized carbons (Fsp3) is 0.300. The molecule has 0 saturated heterocycles. The molecule has 0 aliphatic carbocycles. The number of allylic oxidation sites excluding steroid dienone is 1. The highest BCUT2D eigenvalue weighted by molar-refractivity contribution is 6.31. The second-order valence-electron chi connectivity index (χ2n) is 6.46. The Morgan fingerprint density at radius 2 is 2.11 bits per heavy atom. The van der Waals surface area contributed by atoms with Gasteiger partial charge in [0.25, 0.3) is 12.0 Å². The zero-order chi connectivity index (χ0) is 20.4. The van der Waals surface area contributed by atoms with Gasteiger partial charge < -0.3 is 13.5 Å². The Balaban J connectivity index is 1.90. The fourth-order valence-electron chi connectivity index (χ4n) is 3.15. The van der Waals surface area contributed by atoms with Gasteiger partial charge in [0.15, 0.2) is 0 Å². The van der Waals surface area contributed by atoms with E-state index >= 15 is 0 Å². The summed E-state index contributed by atoms with van der Waals surface area (Å²) < 4.78 is 30.4. The summed E-state index contributed by atoms with van der Waals surface area (Å²) >= 11 is 6.19. The Morgan fingerprint density at radius 1 is 1.36 bits per heavy atom. The van der Waals surface area contributed by atoms with Crippen molar-refractivity contribution < 1.29 is 8.78 Å². The Kier molecular flexibility index (Phi) is 5.84. The molecular formula is C20H21ClF2N4O. The molecule has 0 atom stereocenters. The van der Waals surface area contributed by atoms with E-state index in [1.54, 1.807) is 18.5 Å². The average Bonchev–Trinajstić information content (AvgIpc) is 3.23. The smallest absolute Gasteiger partial charge is 0.294 e. The van der Waals surface area contributed by atoms with Gasteiger partial charge in [0, 0.05) is 54.7 Å². The van der Waals surface area contributed by atoms with Gasteiger partial charge in [-0.25, -0.2) is 13.8 Å². The van der Waals surface area contributed by atoms with E-state index in [0.717, 1.165) is 28.3 Å². The Bertz CT molecular complexity index is 1110. The monoisotopic (exact) mass is 406 g/mol. The zero-order valence-electron chi connectivity index (χ0n) is 15.7. The van der Waals surface area contributed by atoms with Crippen LogP contribution in [-0.2, 0) is 20.0 Å². The van der Waals surface area contributed by atoms with E-state index in [-0.39, 0.29) is 5.65 Å². The highest BCUT2D eigenvalue weighted by Crippen LogP contribution is 2.24. The average molecular weight is 407 g/mol. The third-order valence-electron chi connectivity index (χ3n) is 4.64. The van der Waals surface area contributed by atoms with E-state index in [1.165, 1.54) is 15.2 Å². The van der Waals surface area contributed by atoms with Crippen molar-refractivity contribution >= 4 is 29.4 Å². The molecule has 0 N–H and O–H groups in total. The molecule has 0 aliphatic rings. The van der Waals surface area contributed by atoms with Crippen molar-refractivity contribution in [3.63, 3.8) is 0 Å². The lowest BCUT2D eigenvalue weighted by atomic mass is 10.1. The van der Waals surface area contributed by atoms with E-state index in [4.69, 9.17) is 11.6 Å². The Morgan fingerprint density at radius 3 is 2.75 bits per heavy atom. The second kappa shape index (κ2) is 8.14. The van der Waals surface area contributed by atoms with Crippen LogP contribution in [0, 0.1) is 0 Å². The molecule has 0 saturated carbocycles. The number of hydrogen-bond acceptors (Lipinski definition) is 2. The predicted molar refractivity (Wildman–Crippen MR) is 108 cm³/mol. The van der Waals surface area contributed by atoms with Crippen molar-refractivity contribution in [2.24, 2.45) is 7.05 Å². The second-order valence-corrected chi connectivity index (χ2v) is 6.94. The summed E-state index contributed by atoms with van der Waals surface area (Å²) in [5, 5.41) is 0.742. The molecule has 5 nitrogen and oxygen atoms in total. The van der Waals surface area contributed by atoms with Gasteiger partial charge in [0.2, 0.25) is 5.65 Å². The quantitative estimate of drug-likeness (QED) is 0.573. The van der Waals surface area contributed by atoms with E-state index in [0.29, 0.717) is 13.0 Å². The highest BCUT2D eigenvalue weighted by atomic mass is 35.5. The van der Waals surface area contributed by atoms with Gasteiger partial charge in [-0.2, -0.15) is 0 Å². The van der Waals surface area contributed by atoms with E-state index in [9.17, 15) is 13.6 Å². The summed E-state index contributed by atoms with van der Waals surface area (Å²) in [5.74, 6) is 0. The summed E-state index contributed by atoms with van der Waals surface area (Å²) in [4.78, 5) is 16.3. The lowest BCUT2D eigenvalue weighted by Crippen LogP contribution is -2.22. The molecular weight excluding hydrogens is 386 g/mol. The molecule has 0 radical (unpaired) electrons. The Hall–Kier alpha value is -2.67. The number of nitrogens with zero attached hydrogens (tertiary/aromatic N) is 4. The normalized spacial score (nSPS) is 12.3. The third kappa shape index (κ3) is 3.80. The molecule has 148 valence electrons. The van der Waals surface area contributed by atoms with Crippen LogP contribution in [0.3, 0.4) is 0 Å². The molecule has 3 heterocycles. The summed E-state index contributed by atoms with van der Waals surface area (Å²) in [7, 11) is 1.93. The minimum absolute atomic E-state index is 0.00634. The number of rotatable bonds is 7. The number of aryl methyl sites for hydroxylation is 3. The number of halogens is 3. The summed E-state index contributed by atoms with van der Waals surface area (Å²) in [5.41, 5.74) is 2.12. The van der Waals surface area contributed by atoms with Crippen molar-refractivity contribution in [2.45, 2.75) is 32.7 Å². The fourth-order valence-corrected chi connectivity index (χ4v) is 3.25. The molecule has 3 aromatic rings. The molecule has 0 fully saturated rings. The minimum atomic E-state index is -2.71. The first-order valence-corrected chi connectivity index (χ1v) is 9.26. The van der Waals surface area contributed by atoms with E-state index < -0.39 is 17.7 Å². The van der Waals surface area contributed by atoms with Gasteiger partial charge in [-0.05, 0) is 24.5 Å². The van der Waals surface area contributed by atoms with Crippen LogP contribution in [-0.4, -0.2) is 18.5 Å². The lowest BCUT2D eigenvalue weighted by molar-refractivity contribution is 0.147. The van der Waals surface area contributed by atoms with Crippen molar-refractivity contribution in [3.8, 4) is 0 Å². The van der Waals surface area contributed by atoms with Crippen molar-refractivity contribution in [1.82, 2.24) is 18.5 Å². The summed E-state index contributed by atoms with van der Waals surface area (Å²) in [6.07, 6.45) is 8.58. The first-order chi connectivity index (χ1) is 13.3. The summed E-state index contributed by atoms with van der Waals surface area (Å²) in [6, 6.07) is 0. The topological polar surface area (TPSA) is 44.2 Å². The molecule has 0 amide bonds. The number of fused-ring (bicyclic) bond motifs is 1. The highest BCUT2D eigenvalue weighted by Gasteiger charge is 2.15. The molecule has 0 aliphatic heterocycles. The SMILES string of the molecule is C=Cc1c(CCn2ccn3cc(C(F)F)nc3c2=O)cn(C)c1/C=C(/Cl)CC. The van der Waals surface area contributed by atoms with Crippen LogP contribution in [0.2, 0.25) is 0 Å². The van der Waals surface area contributed by atoms with Crippen LogP contribution in [0.25, 0.3) is 17.8 Å². The maximum absolute atomic E-state index is 12.8. The van der Waals surface area contributed by atoms with Crippen LogP contribution in [0.5, 0.6) is 0 Å². The van der Waals surface area contributed by atoms with E-state index in [1.807, 2.05) is 30.8 Å². The van der Waals surface area contributed by atoms with Gasteiger partial charge in [-0.15, -0.1) is 0 Å². The van der Waals surface area contributed by atoms with Crippen LogP contribution in [0.1, 0.15) is 42.3 Å². The molecule has 8 heteroatoms.